The molecule has 1 N–H and O–H groups in total. The number of hydrogen-bond acceptors (Lipinski definition) is 6. The van der Waals surface area contributed by atoms with Crippen LogP contribution in [0.3, 0.4) is 0 Å². The zero-order chi connectivity index (χ0) is 20.4. The fourth-order valence-corrected chi connectivity index (χ4v) is 3.70. The van der Waals surface area contributed by atoms with E-state index in [1.54, 1.807) is 54.3 Å². The normalized spacial score (nSPS) is 10.9. The maximum absolute atomic E-state index is 12.9. The molecule has 3 heterocycles. The number of ether oxygens (including phenoxy) is 2. The molecule has 1 amide bonds. The Hall–Kier alpha value is -3.39. The van der Waals surface area contributed by atoms with Crippen LogP contribution in [-0.2, 0) is 6.42 Å². The number of carbonyl (C=O) groups is 1. The van der Waals surface area contributed by atoms with Gasteiger partial charge in [-0.15, -0.1) is 0 Å². The summed E-state index contributed by atoms with van der Waals surface area (Å²) in [5.41, 5.74) is 4.24. The van der Waals surface area contributed by atoms with Gasteiger partial charge in [0.2, 0.25) is 0 Å². The molecule has 0 aliphatic rings. The van der Waals surface area contributed by atoms with E-state index in [0.717, 1.165) is 17.0 Å². The smallest absolute Gasteiger partial charge is 0.274 e. The van der Waals surface area contributed by atoms with E-state index in [1.807, 2.05) is 29.8 Å². The Labute approximate surface area is 171 Å². The highest BCUT2D eigenvalue weighted by molar-refractivity contribution is 7.08. The third kappa shape index (κ3) is 3.66. The van der Waals surface area contributed by atoms with Crippen LogP contribution in [0.4, 0.5) is 5.69 Å². The first-order valence-electron chi connectivity index (χ1n) is 9.08. The minimum absolute atomic E-state index is 0.316. The first kappa shape index (κ1) is 18.9. The summed E-state index contributed by atoms with van der Waals surface area (Å²) in [7, 11) is 3.12. The van der Waals surface area contributed by atoms with E-state index in [2.05, 4.69) is 15.4 Å². The molecule has 7 nitrogen and oxygen atoms in total. The molecule has 1 aromatic carbocycles. The van der Waals surface area contributed by atoms with Crippen LogP contribution in [0.2, 0.25) is 0 Å². The molecule has 0 fully saturated rings. The number of anilines is 1. The number of hydrogen-bond donors (Lipinski definition) is 1. The van der Waals surface area contributed by atoms with Crippen molar-refractivity contribution in [3.63, 3.8) is 0 Å². The molecule has 4 rings (SSSR count). The van der Waals surface area contributed by atoms with Crippen molar-refractivity contribution in [2.24, 2.45) is 0 Å². The quantitative estimate of drug-likeness (QED) is 0.515. The largest absolute Gasteiger partial charge is 0.497 e. The molecule has 0 bridgehead atoms. The second-order valence-electron chi connectivity index (χ2n) is 6.32. The van der Waals surface area contributed by atoms with Gasteiger partial charge in [-0.1, -0.05) is 6.92 Å². The number of thiophene rings is 1. The molecule has 8 heteroatoms. The van der Waals surface area contributed by atoms with Gasteiger partial charge >= 0.3 is 0 Å². The highest BCUT2D eigenvalue weighted by atomic mass is 32.1. The van der Waals surface area contributed by atoms with Crippen LogP contribution in [0.1, 0.15) is 23.1 Å². The van der Waals surface area contributed by atoms with E-state index in [4.69, 9.17) is 9.47 Å². The zero-order valence-electron chi connectivity index (χ0n) is 16.3. The molecule has 29 heavy (non-hydrogen) atoms. The Morgan fingerprint density at radius 1 is 1.17 bits per heavy atom. The minimum atomic E-state index is -0.327. The lowest BCUT2D eigenvalue weighted by atomic mass is 10.2. The van der Waals surface area contributed by atoms with Crippen LogP contribution in [-0.4, -0.2) is 34.7 Å². The number of fused-ring (bicyclic) bond motifs is 1. The molecule has 0 radical (unpaired) electrons. The summed E-state index contributed by atoms with van der Waals surface area (Å²) in [5, 5.41) is 11.6. The van der Waals surface area contributed by atoms with Crippen molar-refractivity contribution < 1.29 is 14.3 Å². The van der Waals surface area contributed by atoms with Gasteiger partial charge in [-0.3, -0.25) is 4.79 Å². The van der Waals surface area contributed by atoms with Crippen LogP contribution < -0.4 is 14.8 Å². The molecule has 0 aliphatic heterocycles. The Morgan fingerprint density at radius 3 is 2.72 bits per heavy atom. The maximum atomic E-state index is 12.9. The molecule has 0 unspecified atom stereocenters. The fraction of sp³-hybridized carbons (Fsp3) is 0.190. The molecular formula is C21H20N4O3S. The molecule has 4 aromatic rings. The third-order valence-corrected chi connectivity index (χ3v) is 5.25. The Kier molecular flexibility index (Phi) is 5.18. The number of methoxy groups -OCH3 is 2. The van der Waals surface area contributed by atoms with Crippen molar-refractivity contribution in [2.45, 2.75) is 13.3 Å². The summed E-state index contributed by atoms with van der Waals surface area (Å²) in [6.45, 7) is 2.02. The van der Waals surface area contributed by atoms with Crippen LogP contribution >= 0.6 is 11.3 Å². The number of aryl methyl sites for hydroxylation is 1. The van der Waals surface area contributed by atoms with Gasteiger partial charge in [-0.05, 0) is 36.1 Å². The molecule has 0 aliphatic carbocycles. The first-order chi connectivity index (χ1) is 14.1. The van der Waals surface area contributed by atoms with Crippen molar-refractivity contribution in [2.75, 3.05) is 19.5 Å². The van der Waals surface area contributed by atoms with E-state index >= 15 is 0 Å². The van der Waals surface area contributed by atoms with Gasteiger partial charge in [-0.25, -0.2) is 9.50 Å². The van der Waals surface area contributed by atoms with Crippen molar-refractivity contribution >= 4 is 28.6 Å². The Balaban J connectivity index is 1.71. The van der Waals surface area contributed by atoms with Crippen LogP contribution in [0, 0.1) is 0 Å². The molecule has 0 spiro atoms. The molecular weight excluding hydrogens is 388 g/mol. The third-order valence-electron chi connectivity index (χ3n) is 4.57. The summed E-state index contributed by atoms with van der Waals surface area (Å²) < 4.78 is 12.4. The minimum Gasteiger partial charge on any atom is -0.497 e. The number of benzene rings is 1. The number of nitrogens with zero attached hydrogens (tertiary/aromatic N) is 3. The monoisotopic (exact) mass is 408 g/mol. The molecule has 0 saturated heterocycles. The Bertz CT molecular complexity index is 1170. The van der Waals surface area contributed by atoms with Crippen molar-refractivity contribution in [1.82, 2.24) is 14.6 Å². The number of nitrogens with one attached hydrogen (secondary N) is 1. The second-order valence-corrected chi connectivity index (χ2v) is 7.10. The highest BCUT2D eigenvalue weighted by Gasteiger charge is 2.16. The van der Waals surface area contributed by atoms with Gasteiger partial charge in [0.1, 0.15) is 17.2 Å². The predicted molar refractivity (Wildman–Crippen MR) is 113 cm³/mol. The molecule has 0 atom stereocenters. The average Bonchev–Trinajstić information content (AvgIpc) is 3.42. The van der Waals surface area contributed by atoms with Crippen molar-refractivity contribution in [3.8, 4) is 22.8 Å². The van der Waals surface area contributed by atoms with Gasteiger partial charge < -0.3 is 14.8 Å². The lowest BCUT2D eigenvalue weighted by Gasteiger charge is -2.12. The molecule has 148 valence electrons. The van der Waals surface area contributed by atoms with E-state index in [1.165, 1.54) is 0 Å². The standard InChI is InChI=1S/C21H20N4O3S/c1-4-14-9-18(21(26)23-17-10-15(27-2)5-6-19(17)28-3)22-20-11-16(24-25(14)20)13-7-8-29-12-13/h5-12H,4H2,1-3H3,(H,23,26). The summed E-state index contributed by atoms with van der Waals surface area (Å²) in [4.78, 5) is 17.5. The van der Waals surface area contributed by atoms with Gasteiger partial charge in [-0.2, -0.15) is 16.4 Å². The topological polar surface area (TPSA) is 77.8 Å². The van der Waals surface area contributed by atoms with E-state index < -0.39 is 0 Å². The first-order valence-corrected chi connectivity index (χ1v) is 10.0. The number of rotatable bonds is 6. The van der Waals surface area contributed by atoms with E-state index in [-0.39, 0.29) is 5.91 Å². The van der Waals surface area contributed by atoms with Crippen molar-refractivity contribution in [3.05, 3.63) is 58.5 Å². The predicted octanol–water partition coefficient (Wildman–Crippen LogP) is 4.29. The summed E-state index contributed by atoms with van der Waals surface area (Å²) in [6.07, 6.45) is 0.715. The number of carbonyl (C=O) groups excluding carboxylic acids is 1. The van der Waals surface area contributed by atoms with Gasteiger partial charge in [0.15, 0.2) is 5.65 Å². The molecule has 3 aromatic heterocycles. The highest BCUT2D eigenvalue weighted by Crippen LogP contribution is 2.29. The average molecular weight is 408 g/mol. The van der Waals surface area contributed by atoms with Gasteiger partial charge in [0.25, 0.3) is 5.91 Å². The lowest BCUT2D eigenvalue weighted by molar-refractivity contribution is 0.102. The summed E-state index contributed by atoms with van der Waals surface area (Å²) >= 11 is 1.61. The van der Waals surface area contributed by atoms with E-state index in [9.17, 15) is 4.79 Å². The molecule has 0 saturated carbocycles. The lowest BCUT2D eigenvalue weighted by Crippen LogP contribution is -2.16. The summed E-state index contributed by atoms with van der Waals surface area (Å²) in [5.74, 6) is 0.835. The zero-order valence-corrected chi connectivity index (χ0v) is 17.1. The van der Waals surface area contributed by atoms with Crippen LogP contribution in [0.15, 0.2) is 47.2 Å². The van der Waals surface area contributed by atoms with E-state index in [0.29, 0.717) is 34.9 Å². The second kappa shape index (κ2) is 7.92. The fourth-order valence-electron chi connectivity index (χ4n) is 3.05. The maximum Gasteiger partial charge on any atom is 0.274 e. The Morgan fingerprint density at radius 2 is 2.03 bits per heavy atom. The summed E-state index contributed by atoms with van der Waals surface area (Å²) in [6, 6.07) is 10.9. The van der Waals surface area contributed by atoms with Crippen LogP contribution in [0.5, 0.6) is 11.5 Å². The van der Waals surface area contributed by atoms with Gasteiger partial charge in [0.05, 0.1) is 25.6 Å². The number of amides is 1. The van der Waals surface area contributed by atoms with Gasteiger partial charge in [0, 0.05) is 28.8 Å². The van der Waals surface area contributed by atoms with Crippen molar-refractivity contribution in [1.29, 1.82) is 0 Å². The SMILES string of the molecule is CCc1cc(C(=O)Nc2cc(OC)ccc2OC)nc2cc(-c3ccsc3)nn12. The van der Waals surface area contributed by atoms with Crippen LogP contribution in [0.25, 0.3) is 16.9 Å². The number of aromatic nitrogens is 3.